The van der Waals surface area contributed by atoms with Gasteiger partial charge in [0.05, 0.1) is 15.7 Å². The molecular weight excluding hydrogens is 291 g/mol. The summed E-state index contributed by atoms with van der Waals surface area (Å²) in [6, 6.07) is 1.76. The van der Waals surface area contributed by atoms with Crippen molar-refractivity contribution in [2.75, 3.05) is 5.73 Å². The number of anilines is 1. The summed E-state index contributed by atoms with van der Waals surface area (Å²) in [4.78, 5) is 22.9. The van der Waals surface area contributed by atoms with E-state index in [4.69, 9.17) is 34.0 Å². The van der Waals surface area contributed by atoms with Crippen LogP contribution in [0.25, 0.3) is 0 Å². The lowest BCUT2D eigenvalue weighted by molar-refractivity contribution is -0.139. The van der Waals surface area contributed by atoms with E-state index < -0.39 is 17.9 Å². The van der Waals surface area contributed by atoms with Crippen LogP contribution < -0.4 is 11.1 Å². The van der Waals surface area contributed by atoms with Crippen LogP contribution in [0.1, 0.15) is 30.1 Å². The van der Waals surface area contributed by atoms with Crippen LogP contribution in [0.5, 0.6) is 0 Å². The zero-order valence-corrected chi connectivity index (χ0v) is 11.8. The number of carbonyl (C=O) groups is 2. The number of rotatable bonds is 5. The number of hydrogen-bond donors (Lipinski definition) is 3. The lowest BCUT2D eigenvalue weighted by atomic mass is 10.1. The molecule has 1 aromatic carbocycles. The third-order valence-electron chi connectivity index (χ3n) is 2.52. The first kappa shape index (κ1) is 15.6. The molecule has 0 fully saturated rings. The Kier molecular flexibility index (Phi) is 5.44. The zero-order chi connectivity index (χ0) is 14.6. The van der Waals surface area contributed by atoms with Gasteiger partial charge in [-0.1, -0.05) is 36.5 Å². The maximum Gasteiger partial charge on any atom is 0.326 e. The molecule has 0 saturated carbocycles. The summed E-state index contributed by atoms with van der Waals surface area (Å²) in [6.07, 6.45) is 0.984. The molecule has 0 aliphatic carbocycles. The topological polar surface area (TPSA) is 92.4 Å². The molecule has 0 heterocycles. The number of amides is 1. The minimum Gasteiger partial charge on any atom is -0.480 e. The quantitative estimate of drug-likeness (QED) is 0.729. The molecule has 1 rings (SSSR count). The standard InChI is InChI=1S/C12H14Cl2N2O3/c1-2-3-9(12(18)19)16-11(17)6-4-7(13)10(15)8(14)5-6/h4-5,9H,2-3,15H2,1H3,(H,16,17)(H,18,19). The molecule has 0 aliphatic heterocycles. The number of nitrogens with two attached hydrogens (primary N) is 1. The molecule has 0 saturated heterocycles. The third kappa shape index (κ3) is 4.01. The molecule has 1 aromatic rings. The highest BCUT2D eigenvalue weighted by Crippen LogP contribution is 2.28. The molecule has 1 atom stereocenters. The first-order chi connectivity index (χ1) is 8.86. The second-order valence-corrected chi connectivity index (χ2v) is 4.82. The predicted molar refractivity (Wildman–Crippen MR) is 74.7 cm³/mol. The van der Waals surface area contributed by atoms with Gasteiger partial charge in [0.2, 0.25) is 0 Å². The SMILES string of the molecule is CCCC(NC(=O)c1cc(Cl)c(N)c(Cl)c1)C(=O)O. The number of carboxylic acid groups (broad SMARTS) is 1. The van der Waals surface area contributed by atoms with E-state index in [9.17, 15) is 9.59 Å². The molecule has 104 valence electrons. The molecule has 5 nitrogen and oxygen atoms in total. The molecule has 19 heavy (non-hydrogen) atoms. The van der Waals surface area contributed by atoms with Crippen LogP contribution in [-0.2, 0) is 4.79 Å². The highest BCUT2D eigenvalue weighted by molar-refractivity contribution is 6.39. The summed E-state index contributed by atoms with van der Waals surface area (Å²) in [5, 5.41) is 11.7. The number of benzene rings is 1. The van der Waals surface area contributed by atoms with Crippen LogP contribution in [0.15, 0.2) is 12.1 Å². The van der Waals surface area contributed by atoms with Crippen LogP contribution in [0.3, 0.4) is 0 Å². The largest absolute Gasteiger partial charge is 0.480 e. The lowest BCUT2D eigenvalue weighted by Gasteiger charge is -2.14. The van der Waals surface area contributed by atoms with E-state index in [1.807, 2.05) is 6.92 Å². The van der Waals surface area contributed by atoms with Crippen molar-refractivity contribution in [1.82, 2.24) is 5.32 Å². The molecule has 4 N–H and O–H groups in total. The molecular formula is C12H14Cl2N2O3. The van der Waals surface area contributed by atoms with Gasteiger partial charge in [0.25, 0.3) is 5.91 Å². The van der Waals surface area contributed by atoms with Crippen molar-refractivity contribution in [1.29, 1.82) is 0 Å². The van der Waals surface area contributed by atoms with Crippen LogP contribution in [-0.4, -0.2) is 23.0 Å². The Hall–Kier alpha value is -1.46. The van der Waals surface area contributed by atoms with E-state index in [0.29, 0.717) is 12.8 Å². The zero-order valence-electron chi connectivity index (χ0n) is 10.2. The van der Waals surface area contributed by atoms with Gasteiger partial charge in [0, 0.05) is 5.56 Å². The molecule has 0 radical (unpaired) electrons. The summed E-state index contributed by atoms with van der Waals surface area (Å²) in [6.45, 7) is 1.83. The second-order valence-electron chi connectivity index (χ2n) is 4.01. The van der Waals surface area contributed by atoms with Gasteiger partial charge < -0.3 is 16.2 Å². The summed E-state index contributed by atoms with van der Waals surface area (Å²) in [5.41, 5.74) is 5.91. The third-order valence-corrected chi connectivity index (χ3v) is 3.15. The van der Waals surface area contributed by atoms with Crippen molar-refractivity contribution >= 4 is 40.8 Å². The van der Waals surface area contributed by atoms with E-state index in [0.717, 1.165) is 0 Å². The van der Waals surface area contributed by atoms with Crippen molar-refractivity contribution in [2.24, 2.45) is 0 Å². The minimum absolute atomic E-state index is 0.153. The first-order valence-corrected chi connectivity index (χ1v) is 6.40. The van der Waals surface area contributed by atoms with Crippen LogP contribution in [0.2, 0.25) is 10.0 Å². The van der Waals surface area contributed by atoms with Crippen molar-refractivity contribution in [3.8, 4) is 0 Å². The number of hydrogen-bond acceptors (Lipinski definition) is 3. The van der Waals surface area contributed by atoms with Gasteiger partial charge in [-0.25, -0.2) is 4.79 Å². The molecule has 0 spiro atoms. The summed E-state index contributed by atoms with van der Waals surface area (Å²) < 4.78 is 0. The van der Waals surface area contributed by atoms with E-state index in [-0.39, 0.29) is 21.3 Å². The Morgan fingerprint density at radius 2 is 1.89 bits per heavy atom. The van der Waals surface area contributed by atoms with Gasteiger partial charge >= 0.3 is 5.97 Å². The Balaban J connectivity index is 2.91. The number of nitrogen functional groups attached to an aromatic ring is 1. The van der Waals surface area contributed by atoms with Crippen LogP contribution in [0.4, 0.5) is 5.69 Å². The average Bonchev–Trinajstić information content (AvgIpc) is 2.34. The second kappa shape index (κ2) is 6.63. The van der Waals surface area contributed by atoms with Crippen molar-refractivity contribution in [3.63, 3.8) is 0 Å². The van der Waals surface area contributed by atoms with Crippen molar-refractivity contribution in [3.05, 3.63) is 27.7 Å². The molecule has 1 amide bonds. The Morgan fingerprint density at radius 3 is 2.32 bits per heavy atom. The van der Waals surface area contributed by atoms with E-state index >= 15 is 0 Å². The van der Waals surface area contributed by atoms with E-state index in [2.05, 4.69) is 5.32 Å². The van der Waals surface area contributed by atoms with Gasteiger partial charge in [0.1, 0.15) is 6.04 Å². The molecule has 0 aliphatic rings. The summed E-state index contributed by atoms with van der Waals surface area (Å²) in [7, 11) is 0. The Bertz CT molecular complexity index is 483. The number of carbonyl (C=O) groups excluding carboxylic acids is 1. The highest BCUT2D eigenvalue weighted by atomic mass is 35.5. The monoisotopic (exact) mass is 304 g/mol. The molecule has 1 unspecified atom stereocenters. The van der Waals surface area contributed by atoms with Crippen molar-refractivity contribution < 1.29 is 14.7 Å². The fourth-order valence-electron chi connectivity index (χ4n) is 1.50. The van der Waals surface area contributed by atoms with Crippen molar-refractivity contribution in [2.45, 2.75) is 25.8 Å². The normalized spacial score (nSPS) is 11.9. The molecule has 0 aromatic heterocycles. The predicted octanol–water partition coefficient (Wildman–Crippen LogP) is 2.56. The Labute approximate surface area is 120 Å². The highest BCUT2D eigenvalue weighted by Gasteiger charge is 2.20. The van der Waals surface area contributed by atoms with E-state index in [1.165, 1.54) is 12.1 Å². The smallest absolute Gasteiger partial charge is 0.326 e. The van der Waals surface area contributed by atoms with Gasteiger partial charge in [-0.05, 0) is 18.6 Å². The maximum absolute atomic E-state index is 11.9. The number of carboxylic acids is 1. The van der Waals surface area contributed by atoms with E-state index in [1.54, 1.807) is 0 Å². The van der Waals surface area contributed by atoms with Crippen LogP contribution >= 0.6 is 23.2 Å². The number of halogens is 2. The van der Waals surface area contributed by atoms with Gasteiger partial charge in [-0.15, -0.1) is 0 Å². The average molecular weight is 305 g/mol. The number of nitrogens with one attached hydrogen (secondary N) is 1. The first-order valence-electron chi connectivity index (χ1n) is 5.65. The fourth-order valence-corrected chi connectivity index (χ4v) is 1.99. The maximum atomic E-state index is 11.9. The van der Waals surface area contributed by atoms with Crippen LogP contribution in [0, 0.1) is 0 Å². The Morgan fingerprint density at radius 1 is 1.37 bits per heavy atom. The summed E-state index contributed by atoms with van der Waals surface area (Å²) >= 11 is 11.6. The lowest BCUT2D eigenvalue weighted by Crippen LogP contribution is -2.40. The molecule has 7 heteroatoms. The van der Waals surface area contributed by atoms with Gasteiger partial charge in [-0.3, -0.25) is 4.79 Å². The molecule has 0 bridgehead atoms. The summed E-state index contributed by atoms with van der Waals surface area (Å²) in [5.74, 6) is -1.63. The number of aliphatic carboxylic acids is 1. The van der Waals surface area contributed by atoms with Gasteiger partial charge in [0.15, 0.2) is 0 Å². The van der Waals surface area contributed by atoms with Gasteiger partial charge in [-0.2, -0.15) is 0 Å². The minimum atomic E-state index is -1.08. The fraction of sp³-hybridized carbons (Fsp3) is 0.333.